The van der Waals surface area contributed by atoms with Crippen molar-refractivity contribution in [3.63, 3.8) is 0 Å². The number of hydrogen-bond donors (Lipinski definition) is 0. The summed E-state index contributed by atoms with van der Waals surface area (Å²) in [5, 5.41) is 2.43. The standard InChI is InChI=1S/C15H21BrCl2S/c16-10-6-4-2-1-3-5-7-11-19-13-8-9-14(17)15(18)12-13/h8-9,12H,1-7,10-11H2. The molecule has 1 aromatic carbocycles. The minimum atomic E-state index is 0.634. The molecule has 1 aromatic rings. The van der Waals surface area contributed by atoms with Crippen LogP contribution in [0.4, 0.5) is 0 Å². The zero-order chi connectivity index (χ0) is 13.9. The van der Waals surface area contributed by atoms with Crippen LogP contribution in [0.5, 0.6) is 0 Å². The second-order valence-electron chi connectivity index (χ2n) is 4.59. The van der Waals surface area contributed by atoms with E-state index in [1.807, 2.05) is 30.0 Å². The molecule has 1 rings (SSSR count). The second kappa shape index (κ2) is 11.3. The van der Waals surface area contributed by atoms with Crippen LogP contribution >= 0.6 is 50.9 Å². The Morgan fingerprint density at radius 3 is 2.11 bits per heavy atom. The van der Waals surface area contributed by atoms with Gasteiger partial charge in [-0.1, -0.05) is 71.2 Å². The number of thioether (sulfide) groups is 1. The van der Waals surface area contributed by atoms with Gasteiger partial charge in [0.05, 0.1) is 10.0 Å². The van der Waals surface area contributed by atoms with Gasteiger partial charge in [-0.2, -0.15) is 0 Å². The first kappa shape index (κ1) is 17.7. The Hall–Kier alpha value is 0.630. The molecule has 0 aromatic heterocycles. The Kier molecular flexibility index (Phi) is 10.5. The van der Waals surface area contributed by atoms with E-state index in [1.54, 1.807) is 0 Å². The van der Waals surface area contributed by atoms with E-state index < -0.39 is 0 Å². The molecule has 0 atom stereocenters. The van der Waals surface area contributed by atoms with Gasteiger partial charge in [0.1, 0.15) is 0 Å². The van der Waals surface area contributed by atoms with Crippen LogP contribution in [-0.4, -0.2) is 11.1 Å². The molecule has 0 N–H and O–H groups in total. The van der Waals surface area contributed by atoms with Crippen molar-refractivity contribution >= 4 is 50.9 Å². The number of halogens is 3. The molecule has 0 amide bonds. The fraction of sp³-hybridized carbons (Fsp3) is 0.600. The summed E-state index contributed by atoms with van der Waals surface area (Å²) in [4.78, 5) is 1.21. The zero-order valence-electron chi connectivity index (χ0n) is 11.1. The summed E-state index contributed by atoms with van der Waals surface area (Å²) < 4.78 is 0. The predicted molar refractivity (Wildman–Crippen MR) is 93.3 cm³/mol. The smallest absolute Gasteiger partial charge is 0.0603 e. The summed E-state index contributed by atoms with van der Waals surface area (Å²) >= 11 is 17.2. The lowest BCUT2D eigenvalue weighted by molar-refractivity contribution is 0.606. The number of unbranched alkanes of at least 4 members (excludes halogenated alkanes) is 6. The molecule has 0 heterocycles. The largest absolute Gasteiger partial charge is 0.126 e. The fourth-order valence-electron chi connectivity index (χ4n) is 1.84. The summed E-state index contributed by atoms with van der Waals surface area (Å²) in [6.45, 7) is 0. The minimum absolute atomic E-state index is 0.634. The van der Waals surface area contributed by atoms with Gasteiger partial charge in [0, 0.05) is 10.2 Å². The first-order valence-corrected chi connectivity index (χ1v) is 9.74. The number of hydrogen-bond acceptors (Lipinski definition) is 1. The van der Waals surface area contributed by atoms with Gasteiger partial charge in [0.2, 0.25) is 0 Å². The summed E-state index contributed by atoms with van der Waals surface area (Å²) in [5.41, 5.74) is 0. The third kappa shape index (κ3) is 8.49. The van der Waals surface area contributed by atoms with Crippen molar-refractivity contribution in [3.05, 3.63) is 28.2 Å². The first-order chi connectivity index (χ1) is 9.24. The Balaban J connectivity index is 2.00. The molecule has 0 fully saturated rings. The van der Waals surface area contributed by atoms with Crippen LogP contribution in [0, 0.1) is 0 Å². The Labute approximate surface area is 139 Å². The molecule has 0 bridgehead atoms. The first-order valence-electron chi connectivity index (χ1n) is 6.88. The van der Waals surface area contributed by atoms with Gasteiger partial charge in [0.15, 0.2) is 0 Å². The quantitative estimate of drug-likeness (QED) is 0.233. The van der Waals surface area contributed by atoms with E-state index in [0.717, 1.165) is 5.33 Å². The van der Waals surface area contributed by atoms with Gasteiger partial charge in [0.25, 0.3) is 0 Å². The van der Waals surface area contributed by atoms with E-state index in [2.05, 4.69) is 15.9 Å². The van der Waals surface area contributed by atoms with Crippen LogP contribution in [0.1, 0.15) is 44.9 Å². The average Bonchev–Trinajstić information content (AvgIpc) is 2.41. The van der Waals surface area contributed by atoms with Crippen molar-refractivity contribution < 1.29 is 0 Å². The van der Waals surface area contributed by atoms with E-state index in [1.165, 1.54) is 55.6 Å². The molecule has 108 valence electrons. The van der Waals surface area contributed by atoms with Gasteiger partial charge < -0.3 is 0 Å². The number of alkyl halides is 1. The van der Waals surface area contributed by atoms with Crippen LogP contribution < -0.4 is 0 Å². The van der Waals surface area contributed by atoms with Crippen molar-refractivity contribution in [1.29, 1.82) is 0 Å². The third-order valence-electron chi connectivity index (χ3n) is 2.94. The van der Waals surface area contributed by atoms with Gasteiger partial charge >= 0.3 is 0 Å². The van der Waals surface area contributed by atoms with Gasteiger partial charge in [-0.15, -0.1) is 11.8 Å². The molecule has 0 unspecified atom stereocenters. The zero-order valence-corrected chi connectivity index (χ0v) is 15.1. The molecule has 0 nitrogen and oxygen atoms in total. The molecular formula is C15H21BrCl2S. The molecule has 19 heavy (non-hydrogen) atoms. The van der Waals surface area contributed by atoms with Crippen LogP contribution in [0.2, 0.25) is 10.0 Å². The molecule has 4 heteroatoms. The molecule has 0 aliphatic carbocycles. The van der Waals surface area contributed by atoms with Crippen LogP contribution in [0.3, 0.4) is 0 Å². The van der Waals surface area contributed by atoms with E-state index >= 15 is 0 Å². The van der Waals surface area contributed by atoms with E-state index in [0.29, 0.717) is 10.0 Å². The number of benzene rings is 1. The normalized spacial score (nSPS) is 10.9. The third-order valence-corrected chi connectivity index (χ3v) is 5.32. The highest BCUT2D eigenvalue weighted by molar-refractivity contribution is 9.09. The summed E-state index contributed by atoms with van der Waals surface area (Å²) in [6, 6.07) is 5.87. The lowest BCUT2D eigenvalue weighted by Gasteiger charge is -2.04. The highest BCUT2D eigenvalue weighted by Crippen LogP contribution is 2.28. The van der Waals surface area contributed by atoms with Crippen molar-refractivity contribution in [2.45, 2.75) is 49.8 Å². The molecule has 0 aliphatic heterocycles. The van der Waals surface area contributed by atoms with Crippen molar-refractivity contribution in [3.8, 4) is 0 Å². The topological polar surface area (TPSA) is 0 Å². The second-order valence-corrected chi connectivity index (χ2v) is 7.36. The average molecular weight is 384 g/mol. The molecule has 0 radical (unpaired) electrons. The predicted octanol–water partition coefficient (Wildman–Crippen LogP) is 7.21. The van der Waals surface area contributed by atoms with Gasteiger partial charge in [-0.3, -0.25) is 0 Å². The summed E-state index contributed by atoms with van der Waals surface area (Å²) in [5.74, 6) is 1.17. The van der Waals surface area contributed by atoms with E-state index in [4.69, 9.17) is 23.2 Å². The molecular weight excluding hydrogens is 363 g/mol. The van der Waals surface area contributed by atoms with Crippen molar-refractivity contribution in [2.75, 3.05) is 11.1 Å². The summed E-state index contributed by atoms with van der Waals surface area (Å²) in [6.07, 6.45) is 9.42. The molecule has 0 spiro atoms. The Morgan fingerprint density at radius 1 is 0.842 bits per heavy atom. The van der Waals surface area contributed by atoms with E-state index in [-0.39, 0.29) is 0 Å². The molecule has 0 saturated carbocycles. The van der Waals surface area contributed by atoms with Crippen molar-refractivity contribution in [2.24, 2.45) is 0 Å². The minimum Gasteiger partial charge on any atom is -0.126 e. The maximum absolute atomic E-state index is 5.99. The highest BCUT2D eigenvalue weighted by atomic mass is 79.9. The Morgan fingerprint density at radius 2 is 1.47 bits per heavy atom. The van der Waals surface area contributed by atoms with Gasteiger partial charge in [-0.05, 0) is 36.8 Å². The number of rotatable bonds is 10. The van der Waals surface area contributed by atoms with E-state index in [9.17, 15) is 0 Å². The fourth-order valence-corrected chi connectivity index (χ4v) is 3.55. The van der Waals surface area contributed by atoms with Crippen LogP contribution in [0.25, 0.3) is 0 Å². The Bertz CT molecular complexity index is 358. The maximum atomic E-state index is 5.99. The highest BCUT2D eigenvalue weighted by Gasteiger charge is 2.00. The van der Waals surface area contributed by atoms with Gasteiger partial charge in [-0.25, -0.2) is 0 Å². The SMILES string of the molecule is Clc1ccc(SCCCCCCCCCBr)cc1Cl. The molecule has 0 aliphatic rings. The van der Waals surface area contributed by atoms with Crippen LogP contribution in [0.15, 0.2) is 23.1 Å². The lowest BCUT2D eigenvalue weighted by Crippen LogP contribution is -1.84. The summed E-state index contributed by atoms with van der Waals surface area (Å²) in [7, 11) is 0. The van der Waals surface area contributed by atoms with Crippen LogP contribution in [-0.2, 0) is 0 Å². The molecule has 0 saturated heterocycles. The monoisotopic (exact) mass is 382 g/mol. The lowest BCUT2D eigenvalue weighted by atomic mass is 10.1. The maximum Gasteiger partial charge on any atom is 0.0603 e. The van der Waals surface area contributed by atoms with Crippen molar-refractivity contribution in [1.82, 2.24) is 0 Å².